The van der Waals surface area contributed by atoms with Crippen LogP contribution in [0, 0.1) is 0 Å². The molecule has 0 N–H and O–H groups in total. The lowest BCUT2D eigenvalue weighted by molar-refractivity contribution is 0.294. The topological polar surface area (TPSA) is 0 Å². The first-order chi connectivity index (χ1) is 3.42. The molecule has 4 heteroatoms. The van der Waals surface area contributed by atoms with E-state index in [1.54, 1.807) is 0 Å². The maximum Gasteiger partial charge on any atom is 0.183 e. The highest BCUT2D eigenvalue weighted by molar-refractivity contribution is 6.44. The lowest BCUT2D eigenvalue weighted by Crippen LogP contribution is -2.11. The fraction of sp³-hybridized carbons (Fsp3) is 1.00. The average Bonchev–Trinajstić information content (AvgIpc) is 1.21. The summed E-state index contributed by atoms with van der Waals surface area (Å²) in [6.07, 6.45) is -0.0440. The Morgan fingerprint density at radius 1 is 1.62 bits per heavy atom. The van der Waals surface area contributed by atoms with Gasteiger partial charge < -0.3 is 0 Å². The first kappa shape index (κ1) is 8.80. The van der Waals surface area contributed by atoms with Crippen LogP contribution in [0.5, 0.6) is 0 Å². The van der Waals surface area contributed by atoms with E-state index in [-0.39, 0.29) is 6.42 Å². The van der Waals surface area contributed by atoms with Gasteiger partial charge in [0.1, 0.15) is 4.84 Å². The molecule has 1 unspecified atom stereocenters. The fourth-order valence-electron chi connectivity index (χ4n) is 0.271. The lowest BCUT2D eigenvalue weighted by Gasteiger charge is -2.10. The molecule has 0 aliphatic heterocycles. The molecule has 0 saturated heterocycles. The van der Waals surface area contributed by atoms with E-state index >= 15 is 0 Å². The standard InChI is InChI=1S/C4H6Cl3F/c1-4(7,8)2-3(5)6/h3H,2H2,1H3. The molecule has 0 aromatic heterocycles. The summed E-state index contributed by atoms with van der Waals surface area (Å²) in [6, 6.07) is 0. The second-order valence-electron chi connectivity index (χ2n) is 1.67. The minimum Gasteiger partial charge on any atom is -0.227 e. The van der Waals surface area contributed by atoms with E-state index in [0.29, 0.717) is 0 Å². The highest BCUT2D eigenvalue weighted by Crippen LogP contribution is 2.26. The number of rotatable bonds is 2. The highest BCUT2D eigenvalue weighted by atomic mass is 35.5. The summed E-state index contributed by atoms with van der Waals surface area (Å²) >= 11 is 15.5. The summed E-state index contributed by atoms with van der Waals surface area (Å²) in [5, 5.41) is -1.77. The zero-order valence-corrected chi connectivity index (χ0v) is 6.56. The molecule has 0 fully saturated rings. The minimum absolute atomic E-state index is 0.0440. The van der Waals surface area contributed by atoms with Crippen LogP contribution in [0.2, 0.25) is 0 Å². The Morgan fingerprint density at radius 3 is 2.00 bits per heavy atom. The van der Waals surface area contributed by atoms with Gasteiger partial charge in [-0.1, -0.05) is 11.6 Å². The van der Waals surface area contributed by atoms with Crippen molar-refractivity contribution in [1.29, 1.82) is 0 Å². The van der Waals surface area contributed by atoms with Gasteiger partial charge in [-0.3, -0.25) is 0 Å². The summed E-state index contributed by atoms with van der Waals surface area (Å²) in [4.78, 5) is -0.720. The number of hydrogen-bond acceptors (Lipinski definition) is 0. The summed E-state index contributed by atoms with van der Waals surface area (Å²) < 4.78 is 12.2. The Labute approximate surface area is 62.9 Å². The second-order valence-corrected chi connectivity index (χ2v) is 3.73. The van der Waals surface area contributed by atoms with Gasteiger partial charge in [0.15, 0.2) is 5.13 Å². The van der Waals surface area contributed by atoms with Crippen molar-refractivity contribution in [1.82, 2.24) is 0 Å². The third-order valence-corrected chi connectivity index (χ3v) is 0.976. The van der Waals surface area contributed by atoms with E-state index in [4.69, 9.17) is 34.8 Å². The van der Waals surface area contributed by atoms with Crippen LogP contribution in [0.25, 0.3) is 0 Å². The van der Waals surface area contributed by atoms with Crippen LogP contribution in [0.1, 0.15) is 13.3 Å². The Balaban J connectivity index is 3.39. The van der Waals surface area contributed by atoms with Crippen LogP contribution in [0.4, 0.5) is 4.39 Å². The van der Waals surface area contributed by atoms with Crippen molar-refractivity contribution >= 4 is 34.8 Å². The van der Waals surface area contributed by atoms with Crippen molar-refractivity contribution in [3.63, 3.8) is 0 Å². The molecule has 0 spiro atoms. The molecule has 50 valence electrons. The van der Waals surface area contributed by atoms with Crippen LogP contribution in [0.3, 0.4) is 0 Å². The third-order valence-electron chi connectivity index (χ3n) is 0.513. The van der Waals surface area contributed by atoms with Crippen molar-refractivity contribution in [3.8, 4) is 0 Å². The van der Waals surface area contributed by atoms with E-state index in [1.165, 1.54) is 6.92 Å². The molecule has 0 nitrogen and oxygen atoms in total. The molecule has 0 amide bonds. The molecule has 0 saturated carbocycles. The monoisotopic (exact) mass is 178 g/mol. The van der Waals surface area contributed by atoms with Gasteiger partial charge in [0.2, 0.25) is 0 Å². The van der Waals surface area contributed by atoms with Gasteiger partial charge in [-0.05, 0) is 6.92 Å². The van der Waals surface area contributed by atoms with E-state index in [9.17, 15) is 4.39 Å². The Bertz CT molecular complexity index is 66.2. The molecule has 1 atom stereocenters. The molecule has 0 rings (SSSR count). The third kappa shape index (κ3) is 6.80. The predicted octanol–water partition coefficient (Wildman–Crippen LogP) is 3.10. The van der Waals surface area contributed by atoms with Gasteiger partial charge in [0, 0.05) is 6.42 Å². The van der Waals surface area contributed by atoms with Gasteiger partial charge in [-0.15, -0.1) is 23.2 Å². The van der Waals surface area contributed by atoms with E-state index in [2.05, 4.69) is 0 Å². The Kier molecular flexibility index (Phi) is 3.40. The molecule has 0 heterocycles. The molecular weight excluding hydrogens is 173 g/mol. The van der Waals surface area contributed by atoms with Crippen molar-refractivity contribution in [3.05, 3.63) is 0 Å². The number of halogens is 4. The summed E-state index contributed by atoms with van der Waals surface area (Å²) in [5.74, 6) is 0. The Morgan fingerprint density at radius 2 is 2.00 bits per heavy atom. The van der Waals surface area contributed by atoms with Crippen LogP contribution in [-0.2, 0) is 0 Å². The quantitative estimate of drug-likeness (QED) is 0.572. The van der Waals surface area contributed by atoms with E-state index < -0.39 is 9.96 Å². The largest absolute Gasteiger partial charge is 0.227 e. The zero-order valence-electron chi connectivity index (χ0n) is 4.30. The Hall–Kier alpha value is 0.800. The van der Waals surface area contributed by atoms with Gasteiger partial charge in [-0.2, -0.15) is 0 Å². The first-order valence-corrected chi connectivity index (χ1v) is 3.33. The molecule has 8 heavy (non-hydrogen) atoms. The molecule has 0 aromatic carbocycles. The van der Waals surface area contributed by atoms with Crippen LogP contribution in [-0.4, -0.2) is 9.96 Å². The average molecular weight is 179 g/mol. The minimum atomic E-state index is -1.77. The van der Waals surface area contributed by atoms with Crippen LogP contribution >= 0.6 is 34.8 Å². The van der Waals surface area contributed by atoms with Crippen molar-refractivity contribution in [2.75, 3.05) is 0 Å². The molecule has 0 bridgehead atoms. The normalized spacial score (nSPS) is 18.8. The lowest BCUT2D eigenvalue weighted by atomic mass is 10.3. The maximum absolute atomic E-state index is 12.2. The van der Waals surface area contributed by atoms with Crippen molar-refractivity contribution in [2.24, 2.45) is 0 Å². The van der Waals surface area contributed by atoms with E-state index in [0.717, 1.165) is 0 Å². The predicted molar refractivity (Wildman–Crippen MR) is 35.5 cm³/mol. The number of alkyl halides is 4. The smallest absolute Gasteiger partial charge is 0.183 e. The van der Waals surface area contributed by atoms with Crippen LogP contribution in [0.15, 0.2) is 0 Å². The summed E-state index contributed by atoms with van der Waals surface area (Å²) in [6.45, 7) is 1.21. The molecule has 0 radical (unpaired) electrons. The second kappa shape index (κ2) is 3.09. The van der Waals surface area contributed by atoms with E-state index in [1.807, 2.05) is 0 Å². The van der Waals surface area contributed by atoms with Crippen molar-refractivity contribution in [2.45, 2.75) is 23.3 Å². The molecule has 0 aromatic rings. The van der Waals surface area contributed by atoms with Crippen LogP contribution < -0.4 is 0 Å². The van der Waals surface area contributed by atoms with Gasteiger partial charge in [-0.25, -0.2) is 4.39 Å². The van der Waals surface area contributed by atoms with Gasteiger partial charge >= 0.3 is 0 Å². The number of hydrogen-bond donors (Lipinski definition) is 0. The molecular formula is C4H6Cl3F. The fourth-order valence-corrected chi connectivity index (χ4v) is 1.16. The molecule has 0 aliphatic rings. The highest BCUT2D eigenvalue weighted by Gasteiger charge is 2.21. The first-order valence-electron chi connectivity index (χ1n) is 2.08. The SMILES string of the molecule is CC(F)(Cl)CC(Cl)Cl. The van der Waals surface area contributed by atoms with Crippen molar-refractivity contribution < 1.29 is 4.39 Å². The zero-order chi connectivity index (χ0) is 6.78. The summed E-state index contributed by atoms with van der Waals surface area (Å²) in [7, 11) is 0. The maximum atomic E-state index is 12.2. The van der Waals surface area contributed by atoms with Gasteiger partial charge in [0.25, 0.3) is 0 Å². The van der Waals surface area contributed by atoms with Gasteiger partial charge in [0.05, 0.1) is 0 Å². The molecule has 0 aliphatic carbocycles. The summed E-state index contributed by atoms with van der Waals surface area (Å²) in [5.41, 5.74) is 0.